The third kappa shape index (κ3) is 4.78. The van der Waals surface area contributed by atoms with Crippen molar-refractivity contribution in [2.45, 2.75) is 25.6 Å². The Hall–Kier alpha value is -3.68. The van der Waals surface area contributed by atoms with Crippen molar-refractivity contribution in [2.75, 3.05) is 18.6 Å². The molecule has 0 aliphatic carbocycles. The second-order valence-electron chi connectivity index (χ2n) is 8.48. The first-order chi connectivity index (χ1) is 17.2. The predicted molar refractivity (Wildman–Crippen MR) is 142 cm³/mol. The average molecular weight is 485 g/mol. The van der Waals surface area contributed by atoms with E-state index < -0.39 is 0 Å². The summed E-state index contributed by atoms with van der Waals surface area (Å²) in [5.41, 5.74) is 4.17. The number of thiocarbonyl (C=S) groups is 1. The van der Waals surface area contributed by atoms with E-state index in [0.29, 0.717) is 11.7 Å². The van der Waals surface area contributed by atoms with E-state index in [4.69, 9.17) is 21.7 Å². The van der Waals surface area contributed by atoms with Gasteiger partial charge in [0, 0.05) is 37.4 Å². The first-order valence-corrected chi connectivity index (χ1v) is 12.0. The second kappa shape index (κ2) is 10.3. The van der Waals surface area contributed by atoms with E-state index in [2.05, 4.69) is 50.2 Å². The largest absolute Gasteiger partial charge is 0.457 e. The van der Waals surface area contributed by atoms with E-state index >= 15 is 0 Å². The first-order valence-electron chi connectivity index (χ1n) is 11.6. The molecule has 5 rings (SSSR count). The Morgan fingerprint density at radius 3 is 2.51 bits per heavy atom. The lowest BCUT2D eigenvalue weighted by Crippen LogP contribution is -2.30. The Morgan fingerprint density at radius 1 is 0.971 bits per heavy atom. The number of aromatic nitrogens is 2. The number of nitrogens with zero attached hydrogens (tertiary/aromatic N) is 3. The molecule has 0 saturated carbocycles. The van der Waals surface area contributed by atoms with Crippen molar-refractivity contribution < 1.29 is 9.47 Å². The number of methoxy groups -OCH3 is 1. The number of nitrogens with one attached hydrogen (secondary N) is 1. The number of hydrogen-bond donors (Lipinski definition) is 1. The molecule has 0 bridgehead atoms. The SMILES string of the molecule is COCCn1cccc1C1C(c2ccccn2)NC(=S)N1c1ccc(Oc2ccccc2C)cc1. The van der Waals surface area contributed by atoms with Crippen LogP contribution in [0.4, 0.5) is 5.69 Å². The average Bonchev–Trinajstić information content (AvgIpc) is 3.49. The standard InChI is InChI=1S/C28H28N4O2S/c1-20-8-3-4-11-25(20)34-22-14-12-21(13-15-22)32-27(24-10-7-17-31(24)18-19-33-2)26(30-28(32)35)23-9-5-6-16-29-23/h3-17,26-27H,18-19H2,1-2H3,(H,30,35). The van der Waals surface area contributed by atoms with Crippen LogP contribution in [-0.2, 0) is 11.3 Å². The lowest BCUT2D eigenvalue weighted by molar-refractivity contribution is 0.186. The fourth-order valence-corrected chi connectivity index (χ4v) is 4.84. The molecule has 0 radical (unpaired) electrons. The zero-order valence-electron chi connectivity index (χ0n) is 19.8. The number of aryl methyl sites for hydroxylation is 1. The molecule has 7 heteroatoms. The molecule has 1 saturated heterocycles. The van der Waals surface area contributed by atoms with Crippen molar-refractivity contribution in [3.05, 3.63) is 108 Å². The molecule has 1 aliphatic heterocycles. The fraction of sp³-hybridized carbons (Fsp3) is 0.214. The van der Waals surface area contributed by atoms with Gasteiger partial charge in [-0.05, 0) is 79.3 Å². The third-order valence-electron chi connectivity index (χ3n) is 6.24. The van der Waals surface area contributed by atoms with Gasteiger partial charge in [0.1, 0.15) is 17.5 Å². The summed E-state index contributed by atoms with van der Waals surface area (Å²) >= 11 is 5.86. The van der Waals surface area contributed by atoms with Gasteiger partial charge in [-0.2, -0.15) is 0 Å². The van der Waals surface area contributed by atoms with Gasteiger partial charge in [-0.3, -0.25) is 4.98 Å². The molecule has 0 amide bonds. The Kier molecular flexibility index (Phi) is 6.79. The highest BCUT2D eigenvalue weighted by atomic mass is 32.1. The molecule has 2 aromatic heterocycles. The van der Waals surface area contributed by atoms with Crippen LogP contribution in [0.25, 0.3) is 0 Å². The lowest BCUT2D eigenvalue weighted by atomic mass is 10.0. The number of anilines is 1. The molecule has 2 unspecified atom stereocenters. The molecule has 35 heavy (non-hydrogen) atoms. The number of ether oxygens (including phenoxy) is 2. The summed E-state index contributed by atoms with van der Waals surface area (Å²) in [5, 5.41) is 4.19. The van der Waals surface area contributed by atoms with E-state index in [9.17, 15) is 0 Å². The van der Waals surface area contributed by atoms with Crippen LogP contribution in [0.2, 0.25) is 0 Å². The molecular weight excluding hydrogens is 456 g/mol. The smallest absolute Gasteiger partial charge is 0.174 e. The summed E-state index contributed by atoms with van der Waals surface area (Å²) in [5.74, 6) is 1.63. The van der Waals surface area contributed by atoms with Gasteiger partial charge in [0.15, 0.2) is 5.11 Å². The summed E-state index contributed by atoms with van der Waals surface area (Å²) in [6.45, 7) is 3.43. The van der Waals surface area contributed by atoms with Gasteiger partial charge in [-0.15, -0.1) is 0 Å². The predicted octanol–water partition coefficient (Wildman–Crippen LogP) is 5.81. The number of benzene rings is 2. The quantitative estimate of drug-likeness (QED) is 0.319. The van der Waals surface area contributed by atoms with Crippen LogP contribution < -0.4 is 15.0 Å². The number of rotatable bonds is 8. The minimum Gasteiger partial charge on any atom is -0.457 e. The topological polar surface area (TPSA) is 51.5 Å². The zero-order valence-corrected chi connectivity index (χ0v) is 20.6. The normalized spacial score (nSPS) is 17.4. The highest BCUT2D eigenvalue weighted by Crippen LogP contribution is 2.42. The molecule has 178 valence electrons. The molecule has 2 atom stereocenters. The molecule has 1 N–H and O–H groups in total. The van der Waals surface area contributed by atoms with Crippen LogP contribution in [0.3, 0.4) is 0 Å². The fourth-order valence-electron chi connectivity index (χ4n) is 4.50. The van der Waals surface area contributed by atoms with Gasteiger partial charge >= 0.3 is 0 Å². The van der Waals surface area contributed by atoms with Crippen molar-refractivity contribution in [3.63, 3.8) is 0 Å². The van der Waals surface area contributed by atoms with Crippen molar-refractivity contribution >= 4 is 23.0 Å². The molecular formula is C28H28N4O2S. The minimum atomic E-state index is -0.0946. The van der Waals surface area contributed by atoms with E-state index in [1.807, 2.05) is 67.7 Å². The molecule has 2 aromatic carbocycles. The maximum Gasteiger partial charge on any atom is 0.174 e. The highest BCUT2D eigenvalue weighted by molar-refractivity contribution is 7.80. The lowest BCUT2D eigenvalue weighted by Gasteiger charge is -2.29. The van der Waals surface area contributed by atoms with Crippen LogP contribution in [-0.4, -0.2) is 28.4 Å². The van der Waals surface area contributed by atoms with Crippen LogP contribution in [0.5, 0.6) is 11.5 Å². The Balaban J connectivity index is 1.49. The minimum absolute atomic E-state index is 0.0765. The second-order valence-corrected chi connectivity index (χ2v) is 8.86. The summed E-state index contributed by atoms with van der Waals surface area (Å²) < 4.78 is 13.7. The maximum absolute atomic E-state index is 6.11. The third-order valence-corrected chi connectivity index (χ3v) is 6.55. The molecule has 0 spiro atoms. The Bertz CT molecular complexity index is 1290. The van der Waals surface area contributed by atoms with Gasteiger partial charge in [-0.1, -0.05) is 24.3 Å². The van der Waals surface area contributed by atoms with Crippen LogP contribution in [0, 0.1) is 6.92 Å². The van der Waals surface area contributed by atoms with Crippen molar-refractivity contribution in [2.24, 2.45) is 0 Å². The molecule has 6 nitrogen and oxygen atoms in total. The van der Waals surface area contributed by atoms with Crippen LogP contribution >= 0.6 is 12.2 Å². The highest BCUT2D eigenvalue weighted by Gasteiger charge is 2.42. The van der Waals surface area contributed by atoms with Gasteiger partial charge in [0.05, 0.1) is 18.3 Å². The van der Waals surface area contributed by atoms with Gasteiger partial charge in [-0.25, -0.2) is 0 Å². The van der Waals surface area contributed by atoms with E-state index in [1.54, 1.807) is 7.11 Å². The summed E-state index contributed by atoms with van der Waals surface area (Å²) in [6.07, 6.45) is 3.91. The summed E-state index contributed by atoms with van der Waals surface area (Å²) in [4.78, 5) is 6.81. The molecule has 4 aromatic rings. The number of hydrogen-bond acceptors (Lipinski definition) is 4. The maximum atomic E-state index is 6.11. The van der Waals surface area contributed by atoms with E-state index in [-0.39, 0.29) is 12.1 Å². The number of para-hydroxylation sites is 1. The van der Waals surface area contributed by atoms with Gasteiger partial charge in [0.25, 0.3) is 0 Å². The van der Waals surface area contributed by atoms with E-state index in [0.717, 1.165) is 40.7 Å². The van der Waals surface area contributed by atoms with Crippen LogP contribution in [0.15, 0.2) is 91.3 Å². The molecule has 1 fully saturated rings. The van der Waals surface area contributed by atoms with Gasteiger partial charge < -0.3 is 24.3 Å². The van der Waals surface area contributed by atoms with Crippen LogP contribution in [0.1, 0.15) is 29.0 Å². The molecule has 1 aliphatic rings. The monoisotopic (exact) mass is 484 g/mol. The first kappa shape index (κ1) is 23.1. The molecule has 3 heterocycles. The number of pyridine rings is 1. The van der Waals surface area contributed by atoms with E-state index in [1.165, 1.54) is 0 Å². The zero-order chi connectivity index (χ0) is 24.2. The Morgan fingerprint density at radius 2 is 1.77 bits per heavy atom. The summed E-state index contributed by atoms with van der Waals surface area (Å²) in [6, 6.07) is 26.1. The van der Waals surface area contributed by atoms with Crippen molar-refractivity contribution in [1.29, 1.82) is 0 Å². The Labute approximate surface area is 211 Å². The van der Waals surface area contributed by atoms with Gasteiger partial charge in [0.2, 0.25) is 0 Å². The van der Waals surface area contributed by atoms with Crippen molar-refractivity contribution in [1.82, 2.24) is 14.9 Å². The summed E-state index contributed by atoms with van der Waals surface area (Å²) in [7, 11) is 1.72. The van der Waals surface area contributed by atoms with Crippen molar-refractivity contribution in [3.8, 4) is 11.5 Å².